The van der Waals surface area contributed by atoms with Gasteiger partial charge in [0, 0.05) is 17.1 Å². The molecule has 2 aliphatic rings. The van der Waals surface area contributed by atoms with Gasteiger partial charge in [-0.1, -0.05) is 15.9 Å². The molecule has 1 spiro atoms. The topological polar surface area (TPSA) is 71.4 Å². The Balaban J connectivity index is 1.95. The van der Waals surface area contributed by atoms with Crippen molar-refractivity contribution >= 4 is 15.9 Å². The number of phenols is 1. The van der Waals surface area contributed by atoms with E-state index in [-0.39, 0.29) is 17.3 Å². The molecule has 1 saturated heterocycles. The maximum Gasteiger partial charge on any atom is 0.121 e. The Morgan fingerprint density at radius 2 is 2.32 bits per heavy atom. The van der Waals surface area contributed by atoms with Gasteiger partial charge in [0.2, 0.25) is 0 Å². The normalized spacial score (nSPS) is 23.4. The van der Waals surface area contributed by atoms with Crippen LogP contribution >= 0.6 is 15.9 Å². The Bertz CT molecular complexity index is 577. The van der Waals surface area contributed by atoms with Gasteiger partial charge in [0.05, 0.1) is 30.6 Å². The average molecular weight is 371 g/mol. The van der Waals surface area contributed by atoms with Gasteiger partial charge in [-0.2, -0.15) is 0 Å². The first-order valence-electron chi connectivity index (χ1n) is 7.32. The lowest BCUT2D eigenvalue weighted by atomic mass is 9.75. The third kappa shape index (κ3) is 2.51. The van der Waals surface area contributed by atoms with Crippen molar-refractivity contribution in [1.29, 1.82) is 0 Å². The van der Waals surface area contributed by atoms with Crippen molar-refractivity contribution in [3.8, 4) is 5.75 Å². The Hall–Kier alpha value is -1.18. The van der Waals surface area contributed by atoms with Crippen molar-refractivity contribution in [2.45, 2.75) is 37.5 Å². The lowest BCUT2D eigenvalue weighted by molar-refractivity contribution is -0.141. The van der Waals surface area contributed by atoms with Crippen molar-refractivity contribution in [3.05, 3.63) is 32.6 Å². The second-order valence-electron chi connectivity index (χ2n) is 5.97. The highest BCUT2D eigenvalue weighted by molar-refractivity contribution is 9.10. The van der Waals surface area contributed by atoms with Gasteiger partial charge in [0.15, 0.2) is 0 Å². The summed E-state index contributed by atoms with van der Waals surface area (Å²) in [5.41, 5.74) is 1.23. The molecule has 120 valence electrons. The van der Waals surface area contributed by atoms with Crippen LogP contribution in [0.2, 0.25) is 0 Å². The molecule has 7 heteroatoms. The Morgan fingerprint density at radius 3 is 2.91 bits per heavy atom. The van der Waals surface area contributed by atoms with Crippen LogP contribution in [0.4, 0.5) is 0 Å². The van der Waals surface area contributed by atoms with E-state index in [1.165, 1.54) is 0 Å². The van der Waals surface area contributed by atoms with Gasteiger partial charge in [-0.15, -0.1) is 4.91 Å². The van der Waals surface area contributed by atoms with Crippen LogP contribution in [0.25, 0.3) is 0 Å². The molecular weight excluding hydrogens is 352 g/mol. The molecule has 1 aromatic rings. The third-order valence-electron chi connectivity index (χ3n) is 4.66. The maximum atomic E-state index is 11.4. The highest BCUT2D eigenvalue weighted by Crippen LogP contribution is 2.47. The molecule has 1 saturated carbocycles. The molecule has 0 radical (unpaired) electrons. The number of benzene rings is 1. The van der Waals surface area contributed by atoms with Gasteiger partial charge < -0.3 is 14.6 Å². The zero-order valence-corrected chi connectivity index (χ0v) is 14.0. The molecule has 22 heavy (non-hydrogen) atoms. The first kappa shape index (κ1) is 15.7. The molecule has 1 aliphatic carbocycles. The summed E-state index contributed by atoms with van der Waals surface area (Å²) in [5.74, 6) is 0.152. The average Bonchev–Trinajstić information content (AvgIpc) is 2.48. The maximum absolute atomic E-state index is 11.4. The molecule has 1 N–H and O–H groups in total. The molecule has 2 fully saturated rings. The Morgan fingerprint density at radius 1 is 1.55 bits per heavy atom. The van der Waals surface area contributed by atoms with Crippen LogP contribution in [0, 0.1) is 4.91 Å². The number of methoxy groups -OCH3 is 1. The van der Waals surface area contributed by atoms with E-state index in [1.54, 1.807) is 18.2 Å². The van der Waals surface area contributed by atoms with Crippen LogP contribution < -0.4 is 0 Å². The minimum atomic E-state index is -0.289. The smallest absolute Gasteiger partial charge is 0.121 e. The van der Waals surface area contributed by atoms with Crippen molar-refractivity contribution in [1.82, 2.24) is 5.01 Å². The quantitative estimate of drug-likeness (QED) is 0.823. The number of rotatable bonds is 4. The summed E-state index contributed by atoms with van der Waals surface area (Å²) in [6.07, 6.45) is 2.92. The van der Waals surface area contributed by atoms with Crippen molar-refractivity contribution in [2.24, 2.45) is 5.29 Å². The minimum Gasteiger partial charge on any atom is -0.508 e. The second-order valence-corrected chi connectivity index (χ2v) is 6.82. The number of halogens is 1. The monoisotopic (exact) mass is 370 g/mol. The van der Waals surface area contributed by atoms with E-state index < -0.39 is 0 Å². The predicted octanol–water partition coefficient (Wildman–Crippen LogP) is 3.28. The Labute approximate surface area is 137 Å². The van der Waals surface area contributed by atoms with Gasteiger partial charge >= 0.3 is 0 Å². The summed E-state index contributed by atoms with van der Waals surface area (Å²) in [6, 6.07) is 3.20. The van der Waals surface area contributed by atoms with E-state index in [1.807, 2.05) is 6.07 Å². The van der Waals surface area contributed by atoms with Gasteiger partial charge in [-0.3, -0.25) is 0 Å². The zero-order chi connectivity index (χ0) is 15.7. The van der Waals surface area contributed by atoms with Gasteiger partial charge in [-0.25, -0.2) is 5.01 Å². The third-order valence-corrected chi connectivity index (χ3v) is 5.34. The minimum absolute atomic E-state index is 0.152. The first-order chi connectivity index (χ1) is 10.6. The van der Waals surface area contributed by atoms with Gasteiger partial charge in [0.25, 0.3) is 0 Å². The van der Waals surface area contributed by atoms with Crippen LogP contribution in [0.15, 0.2) is 21.9 Å². The number of hydrogen-bond donors (Lipinski definition) is 1. The molecule has 0 amide bonds. The van der Waals surface area contributed by atoms with E-state index in [2.05, 4.69) is 21.2 Å². The van der Waals surface area contributed by atoms with E-state index in [0.29, 0.717) is 25.4 Å². The van der Waals surface area contributed by atoms with Crippen LogP contribution in [-0.4, -0.2) is 36.0 Å². The standard InChI is InChI=1S/C15H19BrN2O4/c1-21-7-10-5-12(16)11(6-14(10)19)13-8-22-9-15(3-2-4-15)18(13)17-20/h5-6,13,19H,2-4,7-9H2,1H3. The number of phenolic OH excluding ortho intramolecular Hbond substituents is 1. The number of hydrogen-bond acceptors (Lipinski definition) is 5. The molecule has 0 aromatic heterocycles. The molecule has 1 aliphatic heterocycles. The molecule has 1 aromatic carbocycles. The van der Waals surface area contributed by atoms with Crippen molar-refractivity contribution < 1.29 is 14.6 Å². The van der Waals surface area contributed by atoms with Crippen molar-refractivity contribution in [2.75, 3.05) is 20.3 Å². The van der Waals surface area contributed by atoms with E-state index in [9.17, 15) is 10.0 Å². The largest absolute Gasteiger partial charge is 0.508 e. The molecule has 0 bridgehead atoms. The van der Waals surface area contributed by atoms with Crippen LogP contribution in [0.1, 0.15) is 36.4 Å². The number of nitroso groups, excluding NO2 is 1. The molecular formula is C15H19BrN2O4. The van der Waals surface area contributed by atoms with E-state index >= 15 is 0 Å². The lowest BCUT2D eigenvalue weighted by Gasteiger charge is -2.52. The first-order valence-corrected chi connectivity index (χ1v) is 8.11. The van der Waals surface area contributed by atoms with E-state index in [0.717, 1.165) is 29.3 Å². The zero-order valence-electron chi connectivity index (χ0n) is 12.4. The number of ether oxygens (including phenoxy) is 2. The summed E-state index contributed by atoms with van der Waals surface area (Å²) >= 11 is 3.53. The number of nitrogens with zero attached hydrogens (tertiary/aromatic N) is 2. The molecule has 6 nitrogen and oxygen atoms in total. The van der Waals surface area contributed by atoms with E-state index in [4.69, 9.17) is 9.47 Å². The summed E-state index contributed by atoms with van der Waals surface area (Å²) in [6.45, 7) is 1.25. The molecule has 3 rings (SSSR count). The summed E-state index contributed by atoms with van der Waals surface area (Å²) in [5, 5.41) is 15.1. The fourth-order valence-corrected chi connectivity index (χ4v) is 3.95. The SMILES string of the molecule is COCc1cc(Br)c(C2COCC3(CCC3)N2N=O)cc1O. The highest BCUT2D eigenvalue weighted by atomic mass is 79.9. The van der Waals surface area contributed by atoms with Crippen LogP contribution in [-0.2, 0) is 16.1 Å². The lowest BCUT2D eigenvalue weighted by Crippen LogP contribution is -2.59. The number of morpholine rings is 1. The fourth-order valence-electron chi connectivity index (χ4n) is 3.30. The summed E-state index contributed by atoms with van der Waals surface area (Å²) in [7, 11) is 1.58. The van der Waals surface area contributed by atoms with Crippen LogP contribution in [0.5, 0.6) is 5.75 Å². The predicted molar refractivity (Wildman–Crippen MR) is 84.3 cm³/mol. The van der Waals surface area contributed by atoms with Gasteiger partial charge in [0.1, 0.15) is 11.8 Å². The summed E-state index contributed by atoms with van der Waals surface area (Å²) < 4.78 is 11.6. The highest BCUT2D eigenvalue weighted by Gasteiger charge is 2.50. The molecule has 1 heterocycles. The fraction of sp³-hybridized carbons (Fsp3) is 0.600. The Kier molecular flexibility index (Phi) is 4.38. The second kappa shape index (κ2) is 6.14. The number of aromatic hydroxyl groups is 1. The molecule has 1 atom stereocenters. The van der Waals surface area contributed by atoms with Crippen LogP contribution in [0.3, 0.4) is 0 Å². The van der Waals surface area contributed by atoms with Crippen molar-refractivity contribution in [3.63, 3.8) is 0 Å². The van der Waals surface area contributed by atoms with Gasteiger partial charge in [-0.05, 0) is 37.0 Å². The molecule has 1 unspecified atom stereocenters. The summed E-state index contributed by atoms with van der Waals surface area (Å²) in [4.78, 5) is 11.4.